The van der Waals surface area contributed by atoms with Gasteiger partial charge in [-0.05, 0) is 102 Å². The zero-order chi connectivity index (χ0) is 40.6. The highest BCUT2D eigenvalue weighted by Crippen LogP contribution is 2.69. The number of aliphatic hydroxyl groups is 7. The van der Waals surface area contributed by atoms with E-state index in [2.05, 4.69) is 6.92 Å². The predicted molar refractivity (Wildman–Crippen MR) is 198 cm³/mol. The normalized spacial score (nSPS) is 56.8. The largest absolute Gasteiger partial charge is 0.393 e. The fourth-order valence-electron chi connectivity index (χ4n) is 12.9. The molecule has 7 aliphatic rings. The highest BCUT2D eigenvalue weighted by molar-refractivity contribution is 5.22. The highest BCUT2D eigenvalue weighted by Gasteiger charge is 2.73. The molecular formula is C41H70O15. The minimum absolute atomic E-state index is 0.115. The standard InChI is InChI=1S/C41H70O15/c1-18(42)24-12-14-41(48)25-10-9-22-15-23(11-13-39(22,5)30(25)32(45)37(47)40(24,41)6)54-28-16-26(43)34(20(3)51-28)55-29-17-27(49-7)35(21(4)52-29)56-38-33(46)36(50-8)31(44)19(2)53-38/h18-38,42-48H,9-17H2,1-8H3/t18-,19-,20-,21-,22+,23+,24-,25-,26+,27-,28+,29+,30-,31-,32+,33-,34-,35-,36-,37-,38+,39+,40+,41+/m1/s1. The Labute approximate surface area is 331 Å². The second-order valence-corrected chi connectivity index (χ2v) is 18.9. The summed E-state index contributed by atoms with van der Waals surface area (Å²) in [6.07, 6.45) is -7.45. The number of fused-ring (bicyclic) bond motifs is 5. The van der Waals surface area contributed by atoms with Gasteiger partial charge in [0.2, 0.25) is 0 Å². The molecule has 0 aromatic rings. The van der Waals surface area contributed by atoms with Crippen molar-refractivity contribution in [3.63, 3.8) is 0 Å². The molecule has 0 bridgehead atoms. The number of methoxy groups -OCH3 is 2. The van der Waals surface area contributed by atoms with Crippen LogP contribution < -0.4 is 0 Å². The lowest BCUT2D eigenvalue weighted by Gasteiger charge is -2.66. The van der Waals surface area contributed by atoms with Crippen LogP contribution in [-0.2, 0) is 37.9 Å². The third-order valence-electron chi connectivity index (χ3n) is 16.1. The van der Waals surface area contributed by atoms with E-state index in [0.717, 1.165) is 32.1 Å². The number of hydrogen-bond acceptors (Lipinski definition) is 15. The van der Waals surface area contributed by atoms with E-state index in [0.29, 0.717) is 12.8 Å². The van der Waals surface area contributed by atoms with Crippen molar-refractivity contribution in [1.82, 2.24) is 0 Å². The average molecular weight is 803 g/mol. The van der Waals surface area contributed by atoms with E-state index in [-0.39, 0.29) is 48.0 Å². The Bertz CT molecular complexity index is 1330. The summed E-state index contributed by atoms with van der Waals surface area (Å²) in [5.41, 5.74) is -2.45. The molecule has 3 saturated heterocycles. The minimum atomic E-state index is -1.23. The van der Waals surface area contributed by atoms with Crippen LogP contribution in [0.2, 0.25) is 0 Å². The molecule has 3 aliphatic heterocycles. The monoisotopic (exact) mass is 802 g/mol. The molecule has 0 spiro atoms. The molecular weight excluding hydrogens is 732 g/mol. The number of hydrogen-bond donors (Lipinski definition) is 7. The molecule has 56 heavy (non-hydrogen) atoms. The Morgan fingerprint density at radius 3 is 2.00 bits per heavy atom. The number of aliphatic hydroxyl groups excluding tert-OH is 6. The van der Waals surface area contributed by atoms with Crippen molar-refractivity contribution < 1.29 is 73.6 Å². The third kappa shape index (κ3) is 7.13. The van der Waals surface area contributed by atoms with Crippen LogP contribution in [-0.4, -0.2) is 160 Å². The van der Waals surface area contributed by atoms with Gasteiger partial charge in [0, 0.05) is 32.5 Å². The maximum atomic E-state index is 12.4. The van der Waals surface area contributed by atoms with Crippen molar-refractivity contribution in [2.75, 3.05) is 14.2 Å². The van der Waals surface area contributed by atoms with Crippen molar-refractivity contribution in [2.24, 2.45) is 34.5 Å². The Hall–Kier alpha value is -0.600. The van der Waals surface area contributed by atoms with Crippen LogP contribution in [0.4, 0.5) is 0 Å². The van der Waals surface area contributed by atoms with Gasteiger partial charge in [0.1, 0.15) is 30.5 Å². The maximum Gasteiger partial charge on any atom is 0.187 e. The smallest absolute Gasteiger partial charge is 0.187 e. The van der Waals surface area contributed by atoms with Crippen molar-refractivity contribution in [3.8, 4) is 0 Å². The molecule has 15 heteroatoms. The molecule has 0 aromatic heterocycles. The lowest BCUT2D eigenvalue weighted by atomic mass is 9.41. The van der Waals surface area contributed by atoms with E-state index in [1.165, 1.54) is 7.11 Å². The number of rotatable bonds is 9. The molecule has 0 amide bonds. The van der Waals surface area contributed by atoms with Crippen LogP contribution in [0.15, 0.2) is 0 Å². The molecule has 24 atom stereocenters. The third-order valence-corrected chi connectivity index (χ3v) is 16.1. The summed E-state index contributed by atoms with van der Waals surface area (Å²) in [4.78, 5) is 0. The Kier molecular flexibility index (Phi) is 12.7. The molecule has 0 radical (unpaired) electrons. The van der Waals surface area contributed by atoms with Gasteiger partial charge in [0.15, 0.2) is 18.9 Å². The van der Waals surface area contributed by atoms with Crippen LogP contribution in [0.3, 0.4) is 0 Å². The van der Waals surface area contributed by atoms with Crippen molar-refractivity contribution in [3.05, 3.63) is 0 Å². The first-order chi connectivity index (χ1) is 26.4. The van der Waals surface area contributed by atoms with Gasteiger partial charge in [0.25, 0.3) is 0 Å². The fraction of sp³-hybridized carbons (Fsp3) is 1.00. The van der Waals surface area contributed by atoms with E-state index < -0.39 is 109 Å². The zero-order valence-electron chi connectivity index (χ0n) is 34.4. The topological polar surface area (TPSA) is 215 Å². The molecule has 7 rings (SSSR count). The summed E-state index contributed by atoms with van der Waals surface area (Å²) in [6.45, 7) is 11.1. The lowest BCUT2D eigenvalue weighted by molar-refractivity contribution is -0.351. The van der Waals surface area contributed by atoms with E-state index in [9.17, 15) is 35.7 Å². The van der Waals surface area contributed by atoms with Crippen LogP contribution in [0.5, 0.6) is 0 Å². The second kappa shape index (κ2) is 16.4. The van der Waals surface area contributed by atoms with E-state index in [1.54, 1.807) is 21.0 Å². The van der Waals surface area contributed by atoms with E-state index >= 15 is 0 Å². The molecule has 324 valence electrons. The van der Waals surface area contributed by atoms with Crippen molar-refractivity contribution >= 4 is 0 Å². The predicted octanol–water partition coefficient (Wildman–Crippen LogP) is 1.37. The summed E-state index contributed by atoms with van der Waals surface area (Å²) in [5.74, 6) is -0.517. The van der Waals surface area contributed by atoms with Gasteiger partial charge >= 0.3 is 0 Å². The summed E-state index contributed by atoms with van der Waals surface area (Å²) < 4.78 is 48.5. The van der Waals surface area contributed by atoms with Gasteiger partial charge in [0.05, 0.1) is 60.5 Å². The van der Waals surface area contributed by atoms with Crippen LogP contribution in [0, 0.1) is 34.5 Å². The van der Waals surface area contributed by atoms with Crippen LogP contribution in [0.25, 0.3) is 0 Å². The molecule has 4 aliphatic carbocycles. The SMILES string of the molecule is CO[C@H]1[C@@H](O)[C@H](O[C@@H]2[C@@H](C)O[C@@H](O[C@H]3[C@@H](O)C[C@H](O[C@H]4CC[C@@]5(C)[C@@H](CC[C@@H]6[C@@H]5[C@H](O)[C@@H](O)[C@]5(C)[C@@H]([C@@H](C)O)CC[C@]65O)C4)O[C@@H]3C)C[C@H]2OC)O[C@H](C)[C@H]1O. The summed E-state index contributed by atoms with van der Waals surface area (Å²) in [5, 5.41) is 79.0. The molecule has 3 heterocycles. The van der Waals surface area contributed by atoms with Gasteiger partial charge in [-0.2, -0.15) is 0 Å². The van der Waals surface area contributed by atoms with Crippen molar-refractivity contribution in [1.29, 1.82) is 0 Å². The molecule has 15 nitrogen and oxygen atoms in total. The van der Waals surface area contributed by atoms with Crippen molar-refractivity contribution in [2.45, 2.75) is 209 Å². The first kappa shape index (κ1) is 43.5. The second-order valence-electron chi connectivity index (χ2n) is 18.9. The molecule has 0 unspecified atom stereocenters. The molecule has 7 fully saturated rings. The van der Waals surface area contributed by atoms with Gasteiger partial charge in [-0.3, -0.25) is 0 Å². The van der Waals surface area contributed by atoms with Gasteiger partial charge in [-0.25, -0.2) is 0 Å². The minimum Gasteiger partial charge on any atom is -0.393 e. The number of ether oxygens (including phenoxy) is 8. The first-order valence-corrected chi connectivity index (χ1v) is 21.2. The van der Waals surface area contributed by atoms with Crippen LogP contribution >= 0.6 is 0 Å². The van der Waals surface area contributed by atoms with Gasteiger partial charge < -0.3 is 73.6 Å². The summed E-state index contributed by atoms with van der Waals surface area (Å²) >= 11 is 0. The van der Waals surface area contributed by atoms with E-state index in [1.807, 2.05) is 20.8 Å². The molecule has 7 N–H and O–H groups in total. The quantitative estimate of drug-likeness (QED) is 0.164. The Morgan fingerprint density at radius 1 is 0.679 bits per heavy atom. The fourth-order valence-corrected chi connectivity index (χ4v) is 12.9. The van der Waals surface area contributed by atoms with E-state index in [4.69, 9.17) is 37.9 Å². The first-order valence-electron chi connectivity index (χ1n) is 21.2. The zero-order valence-corrected chi connectivity index (χ0v) is 34.4. The highest BCUT2D eigenvalue weighted by atomic mass is 16.7. The lowest BCUT2D eigenvalue weighted by Crippen LogP contribution is -2.72. The summed E-state index contributed by atoms with van der Waals surface area (Å²) in [7, 11) is 2.97. The summed E-state index contributed by atoms with van der Waals surface area (Å²) in [6, 6.07) is 0. The van der Waals surface area contributed by atoms with Crippen LogP contribution in [0.1, 0.15) is 99.3 Å². The Morgan fingerprint density at radius 2 is 1.36 bits per heavy atom. The molecule has 4 saturated carbocycles. The Balaban J connectivity index is 0.930. The molecule has 0 aromatic carbocycles. The van der Waals surface area contributed by atoms with Gasteiger partial charge in [-0.1, -0.05) is 13.8 Å². The average Bonchev–Trinajstić information content (AvgIpc) is 3.43. The maximum absolute atomic E-state index is 12.4. The van der Waals surface area contributed by atoms with Gasteiger partial charge in [-0.15, -0.1) is 0 Å².